The van der Waals surface area contributed by atoms with Gasteiger partial charge in [-0.15, -0.1) is 0 Å². The number of hydrogen-bond donors (Lipinski definition) is 1. The third-order valence-electron chi connectivity index (χ3n) is 4.23. The van der Waals surface area contributed by atoms with Gasteiger partial charge in [0.15, 0.2) is 0 Å². The van der Waals surface area contributed by atoms with Gasteiger partial charge in [-0.3, -0.25) is 4.90 Å². The summed E-state index contributed by atoms with van der Waals surface area (Å²) in [5, 5.41) is 3.73. The molecule has 0 saturated carbocycles. The van der Waals surface area contributed by atoms with E-state index in [1.807, 2.05) is 0 Å². The molecule has 0 aliphatic carbocycles. The Balaban J connectivity index is 1.88. The van der Waals surface area contributed by atoms with Gasteiger partial charge >= 0.3 is 0 Å². The molecule has 0 spiro atoms. The SMILES string of the molecule is CCC1CCCN1CC1(C)CCCCN1. The van der Waals surface area contributed by atoms with Crippen molar-refractivity contribution in [2.75, 3.05) is 19.6 Å². The summed E-state index contributed by atoms with van der Waals surface area (Å²) in [5.41, 5.74) is 0.399. The Kier molecular flexibility index (Phi) is 3.68. The molecule has 2 nitrogen and oxygen atoms in total. The van der Waals surface area contributed by atoms with Gasteiger partial charge in [-0.2, -0.15) is 0 Å². The van der Waals surface area contributed by atoms with Crippen LogP contribution in [0.5, 0.6) is 0 Å². The average Bonchev–Trinajstić information content (AvgIpc) is 2.65. The predicted octanol–water partition coefficient (Wildman–Crippen LogP) is 2.39. The van der Waals surface area contributed by atoms with Crippen molar-refractivity contribution in [3.8, 4) is 0 Å². The van der Waals surface area contributed by atoms with E-state index in [1.165, 1.54) is 58.2 Å². The number of nitrogens with one attached hydrogen (secondary N) is 1. The zero-order chi connectivity index (χ0) is 10.7. The van der Waals surface area contributed by atoms with Crippen molar-refractivity contribution in [3.63, 3.8) is 0 Å². The molecule has 2 unspecified atom stereocenters. The van der Waals surface area contributed by atoms with E-state index in [9.17, 15) is 0 Å². The molecule has 2 fully saturated rings. The van der Waals surface area contributed by atoms with Crippen LogP contribution in [0.25, 0.3) is 0 Å². The summed E-state index contributed by atoms with van der Waals surface area (Å²) in [6, 6.07) is 0.866. The molecule has 2 atom stereocenters. The molecule has 2 aliphatic heterocycles. The summed E-state index contributed by atoms with van der Waals surface area (Å²) >= 11 is 0. The van der Waals surface area contributed by atoms with Crippen molar-refractivity contribution in [2.24, 2.45) is 0 Å². The fourth-order valence-electron chi connectivity index (χ4n) is 3.27. The van der Waals surface area contributed by atoms with E-state index < -0.39 is 0 Å². The second-order valence-corrected chi connectivity index (χ2v) is 5.62. The van der Waals surface area contributed by atoms with Crippen molar-refractivity contribution >= 4 is 0 Å². The maximum atomic E-state index is 3.73. The van der Waals surface area contributed by atoms with E-state index in [-0.39, 0.29) is 0 Å². The van der Waals surface area contributed by atoms with Crippen molar-refractivity contribution in [2.45, 2.75) is 64.0 Å². The van der Waals surface area contributed by atoms with Crippen LogP contribution in [0.3, 0.4) is 0 Å². The Morgan fingerprint density at radius 2 is 2.20 bits per heavy atom. The normalized spacial score (nSPS) is 38.4. The molecule has 0 aromatic carbocycles. The highest BCUT2D eigenvalue weighted by Crippen LogP contribution is 2.26. The van der Waals surface area contributed by atoms with E-state index in [2.05, 4.69) is 24.1 Å². The zero-order valence-electron chi connectivity index (χ0n) is 10.4. The maximum absolute atomic E-state index is 3.73. The largest absolute Gasteiger partial charge is 0.310 e. The summed E-state index contributed by atoms with van der Waals surface area (Å²) in [6.45, 7) is 8.57. The summed E-state index contributed by atoms with van der Waals surface area (Å²) in [7, 11) is 0. The molecule has 1 N–H and O–H groups in total. The van der Waals surface area contributed by atoms with Crippen LogP contribution < -0.4 is 5.32 Å². The molecular formula is C13H26N2. The fraction of sp³-hybridized carbons (Fsp3) is 1.00. The van der Waals surface area contributed by atoms with Crippen molar-refractivity contribution in [1.29, 1.82) is 0 Å². The monoisotopic (exact) mass is 210 g/mol. The van der Waals surface area contributed by atoms with Gasteiger partial charge in [0.25, 0.3) is 0 Å². The highest BCUT2D eigenvalue weighted by Gasteiger charge is 2.32. The summed E-state index contributed by atoms with van der Waals surface area (Å²) in [4.78, 5) is 2.72. The molecular weight excluding hydrogens is 184 g/mol. The first-order valence-electron chi connectivity index (χ1n) is 6.72. The quantitative estimate of drug-likeness (QED) is 0.769. The van der Waals surface area contributed by atoms with Gasteiger partial charge in [0, 0.05) is 18.1 Å². The molecule has 0 aromatic heterocycles. The van der Waals surface area contributed by atoms with Crippen LogP contribution in [0.15, 0.2) is 0 Å². The summed E-state index contributed by atoms with van der Waals surface area (Å²) in [5.74, 6) is 0. The van der Waals surface area contributed by atoms with Crippen molar-refractivity contribution in [1.82, 2.24) is 10.2 Å². The lowest BCUT2D eigenvalue weighted by atomic mass is 9.90. The van der Waals surface area contributed by atoms with E-state index in [4.69, 9.17) is 0 Å². The Hall–Kier alpha value is -0.0800. The van der Waals surface area contributed by atoms with Gasteiger partial charge in [-0.25, -0.2) is 0 Å². The van der Waals surface area contributed by atoms with Crippen LogP contribution in [0, 0.1) is 0 Å². The standard InChI is InChI=1S/C13H26N2/c1-3-12-7-6-10-15(12)11-13(2)8-4-5-9-14-13/h12,14H,3-11H2,1-2H3. The zero-order valence-corrected chi connectivity index (χ0v) is 10.4. The van der Waals surface area contributed by atoms with Gasteiger partial charge in [-0.05, 0) is 52.1 Å². The number of hydrogen-bond acceptors (Lipinski definition) is 2. The van der Waals surface area contributed by atoms with Gasteiger partial charge in [0.1, 0.15) is 0 Å². The molecule has 0 aromatic rings. The molecule has 2 saturated heterocycles. The Labute approximate surface area is 94.4 Å². The first kappa shape index (κ1) is 11.4. The Morgan fingerprint density at radius 1 is 1.33 bits per heavy atom. The molecule has 2 heterocycles. The van der Waals surface area contributed by atoms with Crippen LogP contribution in [0.2, 0.25) is 0 Å². The summed E-state index contributed by atoms with van der Waals surface area (Å²) in [6.07, 6.45) is 8.30. The maximum Gasteiger partial charge on any atom is 0.0280 e. The van der Waals surface area contributed by atoms with Gasteiger partial charge in [-0.1, -0.05) is 13.3 Å². The van der Waals surface area contributed by atoms with E-state index in [0.717, 1.165) is 6.04 Å². The van der Waals surface area contributed by atoms with Crippen molar-refractivity contribution in [3.05, 3.63) is 0 Å². The van der Waals surface area contributed by atoms with Crippen LogP contribution in [-0.4, -0.2) is 36.1 Å². The highest BCUT2D eigenvalue weighted by atomic mass is 15.2. The molecule has 88 valence electrons. The average molecular weight is 210 g/mol. The minimum atomic E-state index is 0.399. The molecule has 15 heavy (non-hydrogen) atoms. The van der Waals surface area contributed by atoms with E-state index >= 15 is 0 Å². The lowest BCUT2D eigenvalue weighted by molar-refractivity contribution is 0.151. The molecule has 2 aliphatic rings. The Morgan fingerprint density at radius 3 is 2.87 bits per heavy atom. The molecule has 0 radical (unpaired) electrons. The molecule has 2 heteroatoms. The highest BCUT2D eigenvalue weighted by molar-refractivity contribution is 4.92. The third-order valence-corrected chi connectivity index (χ3v) is 4.23. The van der Waals surface area contributed by atoms with Crippen LogP contribution >= 0.6 is 0 Å². The second kappa shape index (κ2) is 4.84. The topological polar surface area (TPSA) is 15.3 Å². The first-order chi connectivity index (χ1) is 7.23. The van der Waals surface area contributed by atoms with Crippen molar-refractivity contribution < 1.29 is 0 Å². The third kappa shape index (κ3) is 2.73. The fourth-order valence-corrected chi connectivity index (χ4v) is 3.27. The smallest absolute Gasteiger partial charge is 0.0280 e. The Bertz CT molecular complexity index is 197. The minimum Gasteiger partial charge on any atom is -0.310 e. The van der Waals surface area contributed by atoms with Crippen LogP contribution in [-0.2, 0) is 0 Å². The molecule has 0 amide bonds. The van der Waals surface area contributed by atoms with Gasteiger partial charge < -0.3 is 5.32 Å². The lowest BCUT2D eigenvalue weighted by Gasteiger charge is -2.40. The predicted molar refractivity (Wildman–Crippen MR) is 65.1 cm³/mol. The number of nitrogens with zero attached hydrogens (tertiary/aromatic N) is 1. The number of likely N-dealkylation sites (tertiary alicyclic amines) is 1. The summed E-state index contributed by atoms with van der Waals surface area (Å²) < 4.78 is 0. The molecule has 2 rings (SSSR count). The van der Waals surface area contributed by atoms with Gasteiger partial charge in [0.2, 0.25) is 0 Å². The molecule has 0 bridgehead atoms. The number of rotatable bonds is 3. The lowest BCUT2D eigenvalue weighted by Crippen LogP contribution is -2.54. The van der Waals surface area contributed by atoms with E-state index in [1.54, 1.807) is 0 Å². The first-order valence-corrected chi connectivity index (χ1v) is 6.72. The van der Waals surface area contributed by atoms with Gasteiger partial charge in [0.05, 0.1) is 0 Å². The van der Waals surface area contributed by atoms with E-state index in [0.29, 0.717) is 5.54 Å². The number of piperidine rings is 1. The van der Waals surface area contributed by atoms with Crippen LogP contribution in [0.1, 0.15) is 52.4 Å². The van der Waals surface area contributed by atoms with Crippen LogP contribution in [0.4, 0.5) is 0 Å². The second-order valence-electron chi connectivity index (χ2n) is 5.62. The minimum absolute atomic E-state index is 0.399.